The molecule has 0 aliphatic heterocycles. The van der Waals surface area contributed by atoms with Gasteiger partial charge in [-0.2, -0.15) is 0 Å². The zero-order valence-corrected chi connectivity index (χ0v) is 10.9. The fourth-order valence-electron chi connectivity index (χ4n) is 0.939. The summed E-state index contributed by atoms with van der Waals surface area (Å²) < 4.78 is 25.6. The Kier molecular flexibility index (Phi) is 3.92. The first-order valence-electron chi connectivity index (χ1n) is 4.67. The number of thiophene rings is 1. The van der Waals surface area contributed by atoms with Crippen LogP contribution in [0.5, 0.6) is 0 Å². The molecule has 8 heteroatoms. The molecule has 1 aromatic heterocycles. The highest BCUT2D eigenvalue weighted by atomic mass is 32.2. The highest BCUT2D eigenvalue weighted by Gasteiger charge is 2.32. The van der Waals surface area contributed by atoms with E-state index in [1.807, 2.05) is 0 Å². The number of aliphatic hydroxyl groups is 1. The summed E-state index contributed by atoms with van der Waals surface area (Å²) in [5, 5.41) is 18.0. The van der Waals surface area contributed by atoms with Crippen molar-refractivity contribution < 1.29 is 23.4 Å². The summed E-state index contributed by atoms with van der Waals surface area (Å²) in [4.78, 5) is 11.4. The number of carboxylic acid groups (broad SMARTS) is 1. The summed E-state index contributed by atoms with van der Waals surface area (Å²) in [5.41, 5.74) is -2.13. The lowest BCUT2D eigenvalue weighted by atomic mass is 10.1. The van der Waals surface area contributed by atoms with Crippen molar-refractivity contribution in [3.63, 3.8) is 0 Å². The molecule has 0 aliphatic carbocycles. The summed E-state index contributed by atoms with van der Waals surface area (Å²) >= 11 is 1.07. The monoisotopic (exact) mass is 279 g/mol. The second kappa shape index (κ2) is 4.73. The van der Waals surface area contributed by atoms with Crippen molar-refractivity contribution in [2.24, 2.45) is 0 Å². The molecule has 0 amide bonds. The van der Waals surface area contributed by atoms with Gasteiger partial charge in [-0.15, -0.1) is 11.3 Å². The maximum atomic E-state index is 11.7. The average Bonchev–Trinajstić information content (AvgIpc) is 2.63. The Morgan fingerprint density at radius 2 is 2.12 bits per heavy atom. The number of sulfonamides is 1. The van der Waals surface area contributed by atoms with Crippen LogP contribution in [0.2, 0.25) is 0 Å². The molecule has 1 rings (SSSR count). The van der Waals surface area contributed by atoms with E-state index in [2.05, 4.69) is 4.72 Å². The van der Waals surface area contributed by atoms with E-state index >= 15 is 0 Å². The van der Waals surface area contributed by atoms with Crippen LogP contribution in [0.25, 0.3) is 0 Å². The number of hydrogen-bond acceptors (Lipinski definition) is 5. The van der Waals surface area contributed by atoms with Gasteiger partial charge in [-0.1, -0.05) is 0 Å². The smallest absolute Gasteiger partial charge is 0.336 e. The van der Waals surface area contributed by atoms with Crippen molar-refractivity contribution in [1.82, 2.24) is 4.72 Å². The van der Waals surface area contributed by atoms with Crippen molar-refractivity contribution >= 4 is 27.3 Å². The summed E-state index contributed by atoms with van der Waals surface area (Å²) in [6.07, 6.45) is 0. The van der Waals surface area contributed by atoms with Gasteiger partial charge < -0.3 is 10.2 Å². The minimum atomic E-state index is -3.76. The molecule has 3 N–H and O–H groups in total. The van der Waals surface area contributed by atoms with Gasteiger partial charge >= 0.3 is 5.97 Å². The van der Waals surface area contributed by atoms with Crippen molar-refractivity contribution in [3.05, 3.63) is 17.0 Å². The number of aryl methyl sites for hydroxylation is 1. The molecule has 0 saturated heterocycles. The van der Waals surface area contributed by atoms with E-state index in [4.69, 9.17) is 5.11 Å². The van der Waals surface area contributed by atoms with Crippen LogP contribution in [0.3, 0.4) is 0 Å². The van der Waals surface area contributed by atoms with Crippen LogP contribution < -0.4 is 4.72 Å². The number of hydrogen-bond donors (Lipinski definition) is 3. The van der Waals surface area contributed by atoms with Crippen molar-refractivity contribution in [3.8, 4) is 0 Å². The summed E-state index contributed by atoms with van der Waals surface area (Å²) in [5.74, 6) is -1.48. The van der Waals surface area contributed by atoms with Crippen LogP contribution in [0.15, 0.2) is 16.3 Å². The highest BCUT2D eigenvalue weighted by Crippen LogP contribution is 2.20. The Morgan fingerprint density at radius 3 is 2.53 bits per heavy atom. The molecule has 0 radical (unpaired) electrons. The van der Waals surface area contributed by atoms with Crippen molar-refractivity contribution in [2.75, 3.05) is 6.54 Å². The van der Waals surface area contributed by atoms with E-state index in [1.54, 1.807) is 13.0 Å². The maximum Gasteiger partial charge on any atom is 0.336 e. The molecule has 1 heterocycles. The lowest BCUT2D eigenvalue weighted by molar-refractivity contribution is -0.155. The van der Waals surface area contributed by atoms with Gasteiger partial charge in [0.05, 0.1) is 6.54 Å². The second-order valence-electron chi connectivity index (χ2n) is 3.77. The quantitative estimate of drug-likeness (QED) is 0.713. The van der Waals surface area contributed by atoms with Gasteiger partial charge in [-0.25, -0.2) is 17.9 Å². The maximum absolute atomic E-state index is 11.7. The molecule has 0 bridgehead atoms. The van der Waals surface area contributed by atoms with Gasteiger partial charge in [0.2, 0.25) is 10.0 Å². The van der Waals surface area contributed by atoms with Gasteiger partial charge in [0, 0.05) is 4.88 Å². The Morgan fingerprint density at radius 1 is 1.53 bits per heavy atom. The van der Waals surface area contributed by atoms with Crippen molar-refractivity contribution in [1.29, 1.82) is 0 Å². The fraction of sp³-hybridized carbons (Fsp3) is 0.444. The Bertz CT molecular complexity index is 517. The van der Waals surface area contributed by atoms with E-state index in [0.29, 0.717) is 0 Å². The molecule has 0 aliphatic rings. The molecule has 0 saturated carbocycles. The Hall–Kier alpha value is -0.960. The topological polar surface area (TPSA) is 104 Å². The van der Waals surface area contributed by atoms with Crippen LogP contribution >= 0.6 is 11.3 Å². The molecule has 1 atom stereocenters. The molecule has 0 aromatic carbocycles. The number of carbonyl (C=O) groups is 1. The molecule has 1 unspecified atom stereocenters. The summed E-state index contributed by atoms with van der Waals surface area (Å²) in [6, 6.07) is 3.08. The Balaban J connectivity index is 2.79. The number of rotatable bonds is 5. The lowest BCUT2D eigenvalue weighted by Crippen LogP contribution is -2.46. The zero-order chi connectivity index (χ0) is 13.3. The first-order valence-corrected chi connectivity index (χ1v) is 6.97. The minimum absolute atomic E-state index is 0.0937. The van der Waals surface area contributed by atoms with E-state index in [9.17, 15) is 18.3 Å². The first kappa shape index (κ1) is 14.1. The predicted octanol–water partition coefficient (Wildman–Crippen LogP) is 0.170. The number of carboxylic acids is 1. The van der Waals surface area contributed by atoms with Gasteiger partial charge in [-0.05, 0) is 26.0 Å². The number of nitrogens with one attached hydrogen (secondary N) is 1. The van der Waals surface area contributed by atoms with E-state index < -0.39 is 28.1 Å². The van der Waals surface area contributed by atoms with Crippen LogP contribution in [0.1, 0.15) is 11.8 Å². The highest BCUT2D eigenvalue weighted by molar-refractivity contribution is 7.91. The molecule has 96 valence electrons. The molecular weight excluding hydrogens is 266 g/mol. The van der Waals surface area contributed by atoms with Gasteiger partial charge in [0.1, 0.15) is 4.21 Å². The molecule has 6 nitrogen and oxygen atoms in total. The summed E-state index contributed by atoms with van der Waals surface area (Å²) in [7, 11) is -3.76. The van der Waals surface area contributed by atoms with Crippen molar-refractivity contribution in [2.45, 2.75) is 23.7 Å². The SMILES string of the molecule is Cc1ccc(S(=O)(=O)NCC(C)(O)C(=O)O)s1. The normalized spacial score (nSPS) is 15.5. The van der Waals surface area contributed by atoms with E-state index in [-0.39, 0.29) is 4.21 Å². The standard InChI is InChI=1S/C9H13NO5S2/c1-6-3-4-7(16-6)17(14,15)10-5-9(2,13)8(11)12/h3-4,10,13H,5H2,1-2H3,(H,11,12). The summed E-state index contributed by atoms with van der Waals surface area (Å²) in [6.45, 7) is 2.20. The minimum Gasteiger partial charge on any atom is -0.479 e. The molecule has 0 spiro atoms. The van der Waals surface area contributed by atoms with Gasteiger partial charge in [-0.3, -0.25) is 0 Å². The fourth-order valence-corrected chi connectivity index (χ4v) is 3.40. The van der Waals surface area contributed by atoms with Crippen LogP contribution in [0, 0.1) is 6.92 Å². The molecular formula is C9H13NO5S2. The largest absolute Gasteiger partial charge is 0.479 e. The van der Waals surface area contributed by atoms with E-state index in [1.165, 1.54) is 6.07 Å². The lowest BCUT2D eigenvalue weighted by Gasteiger charge is -2.17. The first-order chi connectivity index (χ1) is 7.65. The van der Waals surface area contributed by atoms with Crippen LogP contribution in [-0.2, 0) is 14.8 Å². The zero-order valence-electron chi connectivity index (χ0n) is 9.30. The molecule has 0 fully saturated rings. The molecule has 17 heavy (non-hydrogen) atoms. The predicted molar refractivity (Wildman–Crippen MR) is 62.5 cm³/mol. The van der Waals surface area contributed by atoms with E-state index in [0.717, 1.165) is 23.1 Å². The second-order valence-corrected chi connectivity index (χ2v) is 7.05. The third-order valence-electron chi connectivity index (χ3n) is 2.05. The van der Waals surface area contributed by atoms with Crippen LogP contribution in [-0.4, -0.2) is 36.7 Å². The third-order valence-corrected chi connectivity index (χ3v) is 4.94. The molecule has 1 aromatic rings. The Labute approximate surface area is 103 Å². The van der Waals surface area contributed by atoms with Gasteiger partial charge in [0.25, 0.3) is 0 Å². The van der Waals surface area contributed by atoms with Gasteiger partial charge in [0.15, 0.2) is 5.60 Å². The third kappa shape index (κ3) is 3.50. The van der Waals surface area contributed by atoms with Crippen LogP contribution in [0.4, 0.5) is 0 Å². The average molecular weight is 279 g/mol. The number of aliphatic carboxylic acids is 1.